The minimum Gasteiger partial charge on any atom is -0.481 e. The van der Waals surface area contributed by atoms with Crippen molar-refractivity contribution in [3.05, 3.63) is 0 Å². The zero-order valence-electron chi connectivity index (χ0n) is 10.4. The van der Waals surface area contributed by atoms with Crippen molar-refractivity contribution in [3.8, 4) is 0 Å². The molecule has 0 aromatic rings. The molecule has 0 amide bonds. The Balaban J connectivity index is 3.92. The molecule has 0 aliphatic rings. The molecule has 1 N–H and O–H groups in total. The predicted octanol–water partition coefficient (Wildman–Crippen LogP) is 2.94. The van der Waals surface area contributed by atoms with Crippen LogP contribution in [0, 0.1) is 11.3 Å². The van der Waals surface area contributed by atoms with Gasteiger partial charge in [-0.3, -0.25) is 4.79 Å². The van der Waals surface area contributed by atoms with Crippen LogP contribution in [0.25, 0.3) is 0 Å². The van der Waals surface area contributed by atoms with Crippen LogP contribution < -0.4 is 0 Å². The summed E-state index contributed by atoms with van der Waals surface area (Å²) in [6, 6.07) is 0. The summed E-state index contributed by atoms with van der Waals surface area (Å²) in [6.07, 6.45) is 2.21. The lowest BCUT2D eigenvalue weighted by atomic mass is 9.83. The Morgan fingerprint density at radius 2 is 2.00 bits per heavy atom. The molecule has 0 spiro atoms. The number of hydrogen-bond donors (Lipinski definition) is 1. The van der Waals surface area contributed by atoms with Crippen LogP contribution in [-0.4, -0.2) is 24.3 Å². The molecule has 0 rings (SSSR count). The lowest BCUT2D eigenvalue weighted by Crippen LogP contribution is -2.29. The molecule has 0 bridgehead atoms. The van der Waals surface area contributed by atoms with Crippen molar-refractivity contribution >= 4 is 5.97 Å². The molecule has 0 saturated heterocycles. The molecule has 0 aromatic carbocycles. The fourth-order valence-corrected chi connectivity index (χ4v) is 1.51. The summed E-state index contributed by atoms with van der Waals surface area (Å²) < 4.78 is 5.42. The molecule has 0 radical (unpaired) electrons. The van der Waals surface area contributed by atoms with E-state index in [-0.39, 0.29) is 0 Å². The van der Waals surface area contributed by atoms with E-state index in [9.17, 15) is 4.79 Å². The average Bonchev–Trinajstić information content (AvgIpc) is 2.12. The molecule has 0 saturated carbocycles. The SMILES string of the molecule is CCCC(C)(CCOCC(C)C)C(=O)O. The average molecular weight is 216 g/mol. The number of carboxylic acid groups (broad SMARTS) is 1. The van der Waals surface area contributed by atoms with E-state index in [0.29, 0.717) is 32.0 Å². The molecule has 0 fully saturated rings. The van der Waals surface area contributed by atoms with Crippen LogP contribution in [-0.2, 0) is 9.53 Å². The maximum absolute atomic E-state index is 11.1. The summed E-state index contributed by atoms with van der Waals surface area (Å²) in [6.45, 7) is 9.24. The third-order valence-electron chi connectivity index (χ3n) is 2.57. The van der Waals surface area contributed by atoms with Gasteiger partial charge in [-0.1, -0.05) is 27.2 Å². The molecular weight excluding hydrogens is 192 g/mol. The summed E-state index contributed by atoms with van der Waals surface area (Å²) in [5, 5.41) is 9.12. The summed E-state index contributed by atoms with van der Waals surface area (Å²) in [5.41, 5.74) is -0.619. The minimum atomic E-state index is -0.711. The van der Waals surface area contributed by atoms with Crippen molar-refractivity contribution in [2.45, 2.75) is 47.0 Å². The van der Waals surface area contributed by atoms with Gasteiger partial charge >= 0.3 is 5.97 Å². The van der Waals surface area contributed by atoms with Crippen LogP contribution in [0.3, 0.4) is 0 Å². The van der Waals surface area contributed by atoms with Gasteiger partial charge in [0.25, 0.3) is 0 Å². The Labute approximate surface area is 92.8 Å². The highest BCUT2D eigenvalue weighted by molar-refractivity contribution is 5.74. The van der Waals surface area contributed by atoms with Gasteiger partial charge in [-0.25, -0.2) is 0 Å². The molecule has 0 heterocycles. The van der Waals surface area contributed by atoms with Gasteiger partial charge in [0.1, 0.15) is 0 Å². The third-order valence-corrected chi connectivity index (χ3v) is 2.57. The highest BCUT2D eigenvalue weighted by Crippen LogP contribution is 2.27. The molecule has 3 nitrogen and oxygen atoms in total. The van der Waals surface area contributed by atoms with Crippen LogP contribution in [0.1, 0.15) is 47.0 Å². The quantitative estimate of drug-likeness (QED) is 0.634. The largest absolute Gasteiger partial charge is 0.481 e. The van der Waals surface area contributed by atoms with E-state index >= 15 is 0 Å². The first-order valence-corrected chi connectivity index (χ1v) is 5.73. The second-order valence-corrected chi connectivity index (χ2v) is 4.83. The van der Waals surface area contributed by atoms with Crippen molar-refractivity contribution in [2.24, 2.45) is 11.3 Å². The van der Waals surface area contributed by atoms with Crippen molar-refractivity contribution in [3.63, 3.8) is 0 Å². The fraction of sp³-hybridized carbons (Fsp3) is 0.917. The Morgan fingerprint density at radius 1 is 1.40 bits per heavy atom. The molecule has 0 aliphatic heterocycles. The van der Waals surface area contributed by atoms with Gasteiger partial charge < -0.3 is 9.84 Å². The van der Waals surface area contributed by atoms with Gasteiger partial charge in [-0.2, -0.15) is 0 Å². The van der Waals surface area contributed by atoms with Gasteiger partial charge in [-0.05, 0) is 25.7 Å². The first-order valence-electron chi connectivity index (χ1n) is 5.73. The van der Waals surface area contributed by atoms with Crippen molar-refractivity contribution in [1.82, 2.24) is 0 Å². The molecule has 90 valence electrons. The van der Waals surface area contributed by atoms with E-state index in [1.807, 2.05) is 6.92 Å². The van der Waals surface area contributed by atoms with Crippen LogP contribution in [0.2, 0.25) is 0 Å². The molecule has 3 heteroatoms. The number of ether oxygens (including phenoxy) is 1. The highest BCUT2D eigenvalue weighted by Gasteiger charge is 2.31. The van der Waals surface area contributed by atoms with Crippen LogP contribution >= 0.6 is 0 Å². The molecule has 1 unspecified atom stereocenters. The zero-order valence-corrected chi connectivity index (χ0v) is 10.4. The topological polar surface area (TPSA) is 46.5 Å². The highest BCUT2D eigenvalue weighted by atomic mass is 16.5. The third kappa shape index (κ3) is 5.78. The molecule has 1 atom stereocenters. The van der Waals surface area contributed by atoms with E-state index in [4.69, 9.17) is 9.84 Å². The second kappa shape index (κ2) is 6.83. The lowest BCUT2D eigenvalue weighted by molar-refractivity contribution is -0.149. The van der Waals surface area contributed by atoms with Crippen molar-refractivity contribution < 1.29 is 14.6 Å². The monoisotopic (exact) mass is 216 g/mol. The Bertz CT molecular complexity index is 189. The smallest absolute Gasteiger partial charge is 0.309 e. The van der Waals surface area contributed by atoms with Gasteiger partial charge in [-0.15, -0.1) is 0 Å². The van der Waals surface area contributed by atoms with Crippen molar-refractivity contribution in [2.75, 3.05) is 13.2 Å². The zero-order chi connectivity index (χ0) is 11.9. The number of aliphatic carboxylic acids is 1. The van der Waals surface area contributed by atoms with Crippen molar-refractivity contribution in [1.29, 1.82) is 0 Å². The summed E-state index contributed by atoms with van der Waals surface area (Å²) in [7, 11) is 0. The number of carbonyl (C=O) groups is 1. The van der Waals surface area contributed by atoms with Gasteiger partial charge in [0.15, 0.2) is 0 Å². The minimum absolute atomic E-state index is 0.507. The van der Waals surface area contributed by atoms with Gasteiger partial charge in [0, 0.05) is 13.2 Å². The summed E-state index contributed by atoms with van der Waals surface area (Å²) in [5.74, 6) is -0.204. The van der Waals surface area contributed by atoms with Gasteiger partial charge in [0.05, 0.1) is 5.41 Å². The predicted molar refractivity (Wildman–Crippen MR) is 60.9 cm³/mol. The van der Waals surface area contributed by atoms with E-state index in [2.05, 4.69) is 13.8 Å². The second-order valence-electron chi connectivity index (χ2n) is 4.83. The molecule has 0 aliphatic carbocycles. The van der Waals surface area contributed by atoms with E-state index in [0.717, 1.165) is 6.42 Å². The Hall–Kier alpha value is -0.570. The molecule has 15 heavy (non-hydrogen) atoms. The molecule has 0 aromatic heterocycles. The lowest BCUT2D eigenvalue weighted by Gasteiger charge is -2.24. The fourth-order valence-electron chi connectivity index (χ4n) is 1.51. The van der Waals surface area contributed by atoms with Gasteiger partial charge in [0.2, 0.25) is 0 Å². The first-order chi connectivity index (χ1) is 6.92. The van der Waals surface area contributed by atoms with E-state index in [1.165, 1.54) is 0 Å². The Morgan fingerprint density at radius 3 is 2.40 bits per heavy atom. The number of carboxylic acids is 1. The maximum Gasteiger partial charge on any atom is 0.309 e. The maximum atomic E-state index is 11.1. The van der Waals surface area contributed by atoms with Crippen LogP contribution in [0.15, 0.2) is 0 Å². The van der Waals surface area contributed by atoms with E-state index in [1.54, 1.807) is 6.92 Å². The normalized spacial score (nSPS) is 15.3. The van der Waals surface area contributed by atoms with E-state index < -0.39 is 11.4 Å². The standard InChI is InChI=1S/C12H24O3/c1-5-6-12(4,11(13)14)7-8-15-9-10(2)3/h10H,5-9H2,1-4H3,(H,13,14). The van der Waals surface area contributed by atoms with Crippen LogP contribution in [0.4, 0.5) is 0 Å². The number of rotatable bonds is 8. The first kappa shape index (κ1) is 14.4. The number of hydrogen-bond acceptors (Lipinski definition) is 2. The Kier molecular flexibility index (Phi) is 6.57. The molecular formula is C12H24O3. The summed E-state index contributed by atoms with van der Waals surface area (Å²) >= 11 is 0. The summed E-state index contributed by atoms with van der Waals surface area (Å²) in [4.78, 5) is 11.1. The van der Waals surface area contributed by atoms with Crippen LogP contribution in [0.5, 0.6) is 0 Å².